The SMILES string of the molecule is Fc1ccc2c(c1)CCN=C2. The first kappa shape index (κ1) is 6.53. The smallest absolute Gasteiger partial charge is 0.123 e. The van der Waals surface area contributed by atoms with Gasteiger partial charge in [0.15, 0.2) is 0 Å². The molecule has 56 valence electrons. The molecular formula is C9H8FN. The highest BCUT2D eigenvalue weighted by Crippen LogP contribution is 2.13. The average Bonchev–Trinajstić information content (AvgIpc) is 2.04. The van der Waals surface area contributed by atoms with Crippen LogP contribution in [-0.4, -0.2) is 12.8 Å². The highest BCUT2D eigenvalue weighted by atomic mass is 19.1. The van der Waals surface area contributed by atoms with E-state index < -0.39 is 0 Å². The number of hydrogen-bond donors (Lipinski definition) is 0. The second-order valence-corrected chi connectivity index (χ2v) is 2.63. The number of nitrogens with zero attached hydrogens (tertiary/aromatic N) is 1. The lowest BCUT2D eigenvalue weighted by atomic mass is 10.0. The molecule has 0 unspecified atom stereocenters. The summed E-state index contributed by atoms with van der Waals surface area (Å²) in [6, 6.07) is 4.82. The van der Waals surface area contributed by atoms with E-state index in [9.17, 15) is 4.39 Å². The van der Waals surface area contributed by atoms with Gasteiger partial charge in [0.1, 0.15) is 5.82 Å². The fraction of sp³-hybridized carbons (Fsp3) is 0.222. The summed E-state index contributed by atoms with van der Waals surface area (Å²) in [5, 5.41) is 0. The van der Waals surface area contributed by atoms with Crippen LogP contribution in [0.15, 0.2) is 23.2 Å². The van der Waals surface area contributed by atoms with Crippen molar-refractivity contribution in [3.8, 4) is 0 Å². The molecule has 1 aromatic carbocycles. The first-order chi connectivity index (χ1) is 5.36. The van der Waals surface area contributed by atoms with Crippen molar-refractivity contribution < 1.29 is 4.39 Å². The zero-order valence-corrected chi connectivity index (χ0v) is 6.05. The van der Waals surface area contributed by atoms with E-state index >= 15 is 0 Å². The van der Waals surface area contributed by atoms with E-state index in [-0.39, 0.29) is 5.82 Å². The summed E-state index contributed by atoms with van der Waals surface area (Å²) in [5.74, 6) is -0.154. The van der Waals surface area contributed by atoms with Crippen molar-refractivity contribution >= 4 is 6.21 Å². The molecule has 1 aromatic rings. The summed E-state index contributed by atoms with van der Waals surface area (Å²) in [7, 11) is 0. The zero-order chi connectivity index (χ0) is 7.68. The van der Waals surface area contributed by atoms with Crippen LogP contribution >= 0.6 is 0 Å². The van der Waals surface area contributed by atoms with Gasteiger partial charge in [-0.1, -0.05) is 6.07 Å². The van der Waals surface area contributed by atoms with Gasteiger partial charge in [0.2, 0.25) is 0 Å². The minimum Gasteiger partial charge on any atom is -0.292 e. The van der Waals surface area contributed by atoms with Crippen molar-refractivity contribution in [3.63, 3.8) is 0 Å². The van der Waals surface area contributed by atoms with Crippen LogP contribution < -0.4 is 0 Å². The van der Waals surface area contributed by atoms with Crippen LogP contribution in [0.4, 0.5) is 4.39 Å². The largest absolute Gasteiger partial charge is 0.292 e. The van der Waals surface area contributed by atoms with Gasteiger partial charge in [-0.05, 0) is 29.7 Å². The van der Waals surface area contributed by atoms with Crippen LogP contribution in [0.5, 0.6) is 0 Å². The summed E-state index contributed by atoms with van der Waals surface area (Å²) in [6.45, 7) is 0.788. The molecule has 1 heterocycles. The molecule has 0 amide bonds. The Labute approximate surface area is 64.6 Å². The molecule has 0 saturated carbocycles. The number of halogens is 1. The Bertz CT molecular complexity index is 304. The molecule has 0 saturated heterocycles. The number of rotatable bonds is 0. The maximum absolute atomic E-state index is 12.7. The Morgan fingerprint density at radius 1 is 1.36 bits per heavy atom. The van der Waals surface area contributed by atoms with Gasteiger partial charge in [-0.15, -0.1) is 0 Å². The molecule has 0 bridgehead atoms. The van der Waals surface area contributed by atoms with Gasteiger partial charge >= 0.3 is 0 Å². The molecule has 2 heteroatoms. The lowest BCUT2D eigenvalue weighted by molar-refractivity contribution is 0.625. The Morgan fingerprint density at radius 3 is 3.18 bits per heavy atom. The normalized spacial score (nSPS) is 14.6. The van der Waals surface area contributed by atoms with Crippen molar-refractivity contribution in [1.82, 2.24) is 0 Å². The van der Waals surface area contributed by atoms with E-state index in [1.807, 2.05) is 0 Å². The molecule has 0 atom stereocenters. The summed E-state index contributed by atoms with van der Waals surface area (Å²) >= 11 is 0. The fourth-order valence-electron chi connectivity index (χ4n) is 1.26. The van der Waals surface area contributed by atoms with Crippen molar-refractivity contribution in [1.29, 1.82) is 0 Å². The van der Waals surface area contributed by atoms with Crippen molar-refractivity contribution in [2.45, 2.75) is 6.42 Å². The predicted octanol–water partition coefficient (Wildman–Crippen LogP) is 1.80. The van der Waals surface area contributed by atoms with E-state index in [4.69, 9.17) is 0 Å². The average molecular weight is 149 g/mol. The van der Waals surface area contributed by atoms with Crippen LogP contribution in [-0.2, 0) is 6.42 Å². The van der Waals surface area contributed by atoms with E-state index in [1.165, 1.54) is 6.07 Å². The van der Waals surface area contributed by atoms with Gasteiger partial charge in [-0.2, -0.15) is 0 Å². The number of fused-ring (bicyclic) bond motifs is 1. The zero-order valence-electron chi connectivity index (χ0n) is 6.05. The maximum Gasteiger partial charge on any atom is 0.123 e. The minimum atomic E-state index is -0.154. The van der Waals surface area contributed by atoms with Crippen LogP contribution in [0, 0.1) is 5.82 Å². The van der Waals surface area contributed by atoms with Crippen molar-refractivity contribution in [2.75, 3.05) is 6.54 Å². The number of benzene rings is 1. The molecule has 1 aliphatic rings. The van der Waals surface area contributed by atoms with E-state index in [0.717, 1.165) is 24.1 Å². The van der Waals surface area contributed by atoms with Gasteiger partial charge in [0.25, 0.3) is 0 Å². The Balaban J connectivity index is 2.53. The molecule has 0 radical (unpaired) electrons. The quantitative estimate of drug-likeness (QED) is 0.533. The van der Waals surface area contributed by atoms with E-state index in [2.05, 4.69) is 4.99 Å². The van der Waals surface area contributed by atoms with Crippen LogP contribution in [0.2, 0.25) is 0 Å². The minimum absolute atomic E-state index is 0.154. The molecule has 1 nitrogen and oxygen atoms in total. The Morgan fingerprint density at radius 2 is 2.27 bits per heavy atom. The van der Waals surface area contributed by atoms with Gasteiger partial charge in [0, 0.05) is 12.8 Å². The highest BCUT2D eigenvalue weighted by Gasteiger charge is 2.04. The van der Waals surface area contributed by atoms with Crippen molar-refractivity contribution in [3.05, 3.63) is 35.1 Å². The molecule has 2 rings (SSSR count). The molecule has 0 aromatic heterocycles. The third kappa shape index (κ3) is 1.16. The monoisotopic (exact) mass is 149 g/mol. The first-order valence-corrected chi connectivity index (χ1v) is 3.64. The molecule has 0 fully saturated rings. The molecule has 1 aliphatic heterocycles. The second kappa shape index (κ2) is 2.46. The second-order valence-electron chi connectivity index (χ2n) is 2.63. The molecule has 0 spiro atoms. The maximum atomic E-state index is 12.7. The molecule has 11 heavy (non-hydrogen) atoms. The summed E-state index contributed by atoms with van der Waals surface area (Å²) in [6.07, 6.45) is 2.67. The fourth-order valence-corrected chi connectivity index (χ4v) is 1.26. The summed E-state index contributed by atoms with van der Waals surface area (Å²) in [5.41, 5.74) is 2.12. The third-order valence-electron chi connectivity index (χ3n) is 1.85. The van der Waals surface area contributed by atoms with Crippen LogP contribution in [0.25, 0.3) is 0 Å². The van der Waals surface area contributed by atoms with Gasteiger partial charge < -0.3 is 0 Å². The van der Waals surface area contributed by atoms with Gasteiger partial charge in [0.05, 0.1) is 0 Å². The Hall–Kier alpha value is -1.18. The first-order valence-electron chi connectivity index (χ1n) is 3.64. The standard InChI is InChI=1S/C9H8FN/c10-9-2-1-8-6-11-4-3-7(8)5-9/h1-2,5-6H,3-4H2. The number of hydrogen-bond acceptors (Lipinski definition) is 1. The Kier molecular flexibility index (Phi) is 1.46. The molecule has 0 aliphatic carbocycles. The third-order valence-corrected chi connectivity index (χ3v) is 1.85. The summed E-state index contributed by atoms with van der Waals surface area (Å²) < 4.78 is 12.7. The predicted molar refractivity (Wildman–Crippen MR) is 42.6 cm³/mol. The number of aliphatic imine (C=N–C) groups is 1. The highest BCUT2D eigenvalue weighted by molar-refractivity contribution is 5.82. The van der Waals surface area contributed by atoms with Crippen LogP contribution in [0.1, 0.15) is 11.1 Å². The van der Waals surface area contributed by atoms with Gasteiger partial charge in [-0.25, -0.2) is 4.39 Å². The lowest BCUT2D eigenvalue weighted by Crippen LogP contribution is -2.02. The van der Waals surface area contributed by atoms with Crippen LogP contribution in [0.3, 0.4) is 0 Å². The van der Waals surface area contributed by atoms with E-state index in [1.54, 1.807) is 18.3 Å². The topological polar surface area (TPSA) is 12.4 Å². The van der Waals surface area contributed by atoms with E-state index in [0.29, 0.717) is 0 Å². The van der Waals surface area contributed by atoms with Gasteiger partial charge in [-0.3, -0.25) is 4.99 Å². The molecular weight excluding hydrogens is 141 g/mol. The summed E-state index contributed by atoms with van der Waals surface area (Å²) in [4.78, 5) is 4.10. The van der Waals surface area contributed by atoms with Crippen molar-refractivity contribution in [2.24, 2.45) is 4.99 Å². The molecule has 0 N–H and O–H groups in total. The lowest BCUT2D eigenvalue weighted by Gasteiger charge is -2.08.